The van der Waals surface area contributed by atoms with Crippen LogP contribution in [0.15, 0.2) is 119 Å². The smallest absolute Gasteiger partial charge is 0.296 e. The third-order valence-electron chi connectivity index (χ3n) is 8.29. The fourth-order valence-electron chi connectivity index (χ4n) is 5.57. The predicted molar refractivity (Wildman–Crippen MR) is 211 cm³/mol. The number of fused-ring (bicyclic) bond motifs is 3. The first-order valence-electron chi connectivity index (χ1n) is 16.8. The normalized spacial score (nSPS) is 12.5. The van der Waals surface area contributed by atoms with E-state index in [0.717, 1.165) is 18.1 Å². The second kappa shape index (κ2) is 17.7. The molecule has 21 nitrogen and oxygen atoms in total. The van der Waals surface area contributed by atoms with Gasteiger partial charge >= 0.3 is 0 Å². The number of pyridine rings is 1. The van der Waals surface area contributed by atoms with Crippen molar-refractivity contribution in [3.63, 3.8) is 0 Å². The van der Waals surface area contributed by atoms with Gasteiger partial charge in [0.05, 0.1) is 58.1 Å². The highest BCUT2D eigenvalue weighted by Gasteiger charge is 2.24. The minimum atomic E-state index is -4.86. The van der Waals surface area contributed by atoms with Crippen molar-refractivity contribution in [1.82, 2.24) is 9.38 Å². The van der Waals surface area contributed by atoms with Gasteiger partial charge < -0.3 is 15.6 Å². The Morgan fingerprint density at radius 2 is 1.53 bits per heavy atom. The maximum Gasteiger partial charge on any atom is 0.296 e. The van der Waals surface area contributed by atoms with Gasteiger partial charge in [-0.05, 0) is 92.1 Å². The molecule has 6 rings (SSSR count). The average molecular weight is 866 g/mol. The summed E-state index contributed by atoms with van der Waals surface area (Å²) in [5, 5.41) is 48.1. The average Bonchev–Trinajstić information content (AvgIpc) is 3.57. The lowest BCUT2D eigenvalue weighted by molar-refractivity contribution is -0.432. The highest BCUT2D eigenvalue weighted by molar-refractivity contribution is 7.94. The molecule has 0 bridgehead atoms. The highest BCUT2D eigenvalue weighted by Crippen LogP contribution is 2.41. The molecule has 0 saturated carbocycles. The summed E-state index contributed by atoms with van der Waals surface area (Å²) in [5.74, 6) is -1.85. The lowest BCUT2D eigenvalue weighted by Crippen LogP contribution is -2.15. The van der Waals surface area contributed by atoms with E-state index in [4.69, 9.17) is 15.7 Å². The number of imidazole rings is 1. The van der Waals surface area contributed by atoms with Gasteiger partial charge in [0, 0.05) is 11.0 Å². The van der Waals surface area contributed by atoms with Gasteiger partial charge in [0.1, 0.15) is 27.7 Å². The minimum Gasteiger partial charge on any atom is -0.493 e. The molecule has 0 fully saturated rings. The Morgan fingerprint density at radius 1 is 0.847 bits per heavy atom. The standard InChI is InChI=1S/C35H31N9O12S3/c1-19-16-27(42-43-32-20(2)31(33(36)45)34-37-24-6-3-4-7-28(24)44(34)35(32)46)29(54-14-5-15-58(48,49)50)18-26(19)41-40-25-13-10-22(17-30(25)59(51,52)53)39-38-21-8-11-23(12-9-21)57-56-55-47/h3-4,6-13,16-18,46-47H,5,14-15H2,1-2H3,(H2,36,45)(H,48,49,50)(H,51,52,53). The number of para-hydroxylation sites is 2. The van der Waals surface area contributed by atoms with Crippen LogP contribution in [0.4, 0.5) is 34.1 Å². The molecule has 6 aromatic rings. The van der Waals surface area contributed by atoms with E-state index in [1.165, 1.54) is 35.6 Å². The number of aromatic hydroxyl groups is 1. The molecule has 2 aromatic heterocycles. The topological polar surface area (TPSA) is 311 Å². The van der Waals surface area contributed by atoms with Crippen molar-refractivity contribution in [1.29, 1.82) is 0 Å². The van der Waals surface area contributed by atoms with Crippen molar-refractivity contribution in [2.45, 2.75) is 30.1 Å². The van der Waals surface area contributed by atoms with Crippen LogP contribution in [0.1, 0.15) is 27.9 Å². The number of primary amides is 1. The Hall–Kier alpha value is -6.25. The van der Waals surface area contributed by atoms with Gasteiger partial charge in [-0.1, -0.05) is 17.2 Å². The number of ether oxygens (including phenoxy) is 1. The molecule has 0 aliphatic carbocycles. The lowest BCUT2D eigenvalue weighted by Gasteiger charge is -2.12. The van der Waals surface area contributed by atoms with Crippen LogP contribution in [0.5, 0.6) is 11.6 Å². The van der Waals surface area contributed by atoms with E-state index in [0.29, 0.717) is 27.2 Å². The second-order valence-electron chi connectivity index (χ2n) is 12.3. The Balaban J connectivity index is 1.35. The number of rotatable bonds is 16. The van der Waals surface area contributed by atoms with Gasteiger partial charge in [-0.3, -0.25) is 18.3 Å². The number of benzene rings is 4. The fourth-order valence-corrected chi connectivity index (χ4v) is 7.06. The Kier molecular flexibility index (Phi) is 12.7. The predicted octanol–water partition coefficient (Wildman–Crippen LogP) is 8.49. The SMILES string of the molecule is Cc1cc(N=Nc2c(C)c(C(N)=O)c3nc4ccccc4n3c2O)c(OCCCS(=O)(=O)O)cc1N=Nc1ccc(N=Nc2ccc(SOOO)cc2)cc1S(=O)(=O)O. The Morgan fingerprint density at radius 3 is 2.22 bits per heavy atom. The van der Waals surface area contributed by atoms with Crippen LogP contribution in [0.25, 0.3) is 16.7 Å². The van der Waals surface area contributed by atoms with Crippen molar-refractivity contribution in [2.75, 3.05) is 12.4 Å². The van der Waals surface area contributed by atoms with Crippen LogP contribution in [-0.2, 0) is 29.6 Å². The fraction of sp³-hybridized carbons (Fsp3) is 0.143. The summed E-state index contributed by atoms with van der Waals surface area (Å²) in [7, 11) is -9.17. The van der Waals surface area contributed by atoms with E-state index in [2.05, 4.69) is 45.0 Å². The van der Waals surface area contributed by atoms with E-state index >= 15 is 0 Å². The van der Waals surface area contributed by atoms with E-state index in [9.17, 15) is 35.8 Å². The molecule has 0 atom stereocenters. The van der Waals surface area contributed by atoms with Crippen LogP contribution in [0.2, 0.25) is 0 Å². The first-order valence-corrected chi connectivity index (χ1v) is 20.6. The summed E-state index contributed by atoms with van der Waals surface area (Å²) in [6, 6.07) is 19.6. The van der Waals surface area contributed by atoms with Gasteiger partial charge in [-0.2, -0.15) is 32.2 Å². The zero-order valence-corrected chi connectivity index (χ0v) is 33.0. The van der Waals surface area contributed by atoms with Crippen LogP contribution in [0.3, 0.4) is 0 Å². The number of azo groups is 3. The van der Waals surface area contributed by atoms with Gasteiger partial charge in [0.15, 0.2) is 5.65 Å². The molecular weight excluding hydrogens is 835 g/mol. The summed E-state index contributed by atoms with van der Waals surface area (Å²) in [6.07, 6.45) is -0.132. The van der Waals surface area contributed by atoms with E-state index in [-0.39, 0.29) is 64.0 Å². The molecule has 1 amide bonds. The van der Waals surface area contributed by atoms with Gasteiger partial charge in [0.2, 0.25) is 5.88 Å². The molecule has 306 valence electrons. The summed E-state index contributed by atoms with van der Waals surface area (Å²) >= 11 is 0.738. The number of nitrogens with zero attached hydrogens (tertiary/aromatic N) is 8. The third-order valence-corrected chi connectivity index (χ3v) is 10.6. The Bertz CT molecular complexity index is 2900. The highest BCUT2D eigenvalue weighted by atomic mass is 32.2. The molecule has 0 spiro atoms. The molecule has 0 aliphatic rings. The van der Waals surface area contributed by atoms with Crippen molar-refractivity contribution in [3.8, 4) is 11.6 Å². The molecule has 0 unspecified atom stereocenters. The molecule has 4 aromatic carbocycles. The molecule has 24 heteroatoms. The number of hydrogen-bond acceptors (Lipinski definition) is 18. The number of carbonyl (C=O) groups excluding carboxylic acids is 1. The first kappa shape index (κ1) is 42.4. The van der Waals surface area contributed by atoms with E-state index in [1.54, 1.807) is 55.5 Å². The van der Waals surface area contributed by atoms with Crippen molar-refractivity contribution in [3.05, 3.63) is 95.6 Å². The van der Waals surface area contributed by atoms with Crippen molar-refractivity contribution in [2.24, 2.45) is 36.4 Å². The second-order valence-corrected chi connectivity index (χ2v) is 16.1. The first-order chi connectivity index (χ1) is 28.0. The molecule has 0 saturated heterocycles. The van der Waals surface area contributed by atoms with Crippen LogP contribution >= 0.6 is 12.0 Å². The number of aryl methyl sites for hydroxylation is 1. The van der Waals surface area contributed by atoms with Crippen molar-refractivity contribution < 1.29 is 55.2 Å². The van der Waals surface area contributed by atoms with Crippen LogP contribution in [0, 0.1) is 13.8 Å². The molecule has 6 N–H and O–H groups in total. The summed E-state index contributed by atoms with van der Waals surface area (Å²) in [4.78, 5) is 17.0. The Labute approximate surface area is 338 Å². The minimum absolute atomic E-state index is 0.00564. The van der Waals surface area contributed by atoms with Crippen molar-refractivity contribution >= 4 is 89.0 Å². The number of aromatic nitrogens is 2. The van der Waals surface area contributed by atoms with E-state index in [1.807, 2.05) is 0 Å². The molecule has 0 aliphatic heterocycles. The number of amides is 1. The largest absolute Gasteiger partial charge is 0.493 e. The van der Waals surface area contributed by atoms with Gasteiger partial charge in [-0.25, -0.2) is 10.2 Å². The van der Waals surface area contributed by atoms with Crippen LogP contribution in [-0.4, -0.2) is 64.0 Å². The quantitative estimate of drug-likeness (QED) is 0.0152. The lowest BCUT2D eigenvalue weighted by atomic mass is 10.1. The van der Waals surface area contributed by atoms with Crippen LogP contribution < -0.4 is 10.5 Å². The molecular formula is C35H31N9O12S3. The summed E-state index contributed by atoms with van der Waals surface area (Å²) < 4.78 is 78.2. The summed E-state index contributed by atoms with van der Waals surface area (Å²) in [5.41, 5.74) is 7.58. The molecule has 59 heavy (non-hydrogen) atoms. The van der Waals surface area contributed by atoms with Gasteiger partial charge in [-0.15, -0.1) is 19.7 Å². The zero-order chi connectivity index (χ0) is 42.5. The van der Waals surface area contributed by atoms with E-state index < -0.39 is 42.7 Å². The zero-order valence-electron chi connectivity index (χ0n) is 30.6. The number of nitrogens with two attached hydrogens (primary N) is 1. The number of carbonyl (C=O) groups is 1. The van der Waals surface area contributed by atoms with Gasteiger partial charge in [0.25, 0.3) is 26.1 Å². The third kappa shape index (κ3) is 10.1. The monoisotopic (exact) mass is 865 g/mol. The maximum atomic E-state index is 12.6. The number of hydrogen-bond donors (Lipinski definition) is 5. The molecule has 0 radical (unpaired) electrons. The summed E-state index contributed by atoms with van der Waals surface area (Å²) in [6.45, 7) is 2.89. The maximum absolute atomic E-state index is 12.6. The molecule has 2 heterocycles.